The van der Waals surface area contributed by atoms with Gasteiger partial charge in [-0.05, 0) is 23.8 Å². The SMILES string of the molecule is N#CCc1cc(F)cc(C#N)c1. The van der Waals surface area contributed by atoms with E-state index in [0.29, 0.717) is 5.56 Å². The molecule has 0 bridgehead atoms. The predicted octanol–water partition coefficient (Wildman–Crippen LogP) is 1.76. The van der Waals surface area contributed by atoms with Crippen molar-refractivity contribution >= 4 is 0 Å². The summed E-state index contributed by atoms with van der Waals surface area (Å²) in [6.07, 6.45) is 0.131. The molecule has 58 valence electrons. The van der Waals surface area contributed by atoms with Crippen molar-refractivity contribution in [1.82, 2.24) is 0 Å². The first kappa shape index (κ1) is 8.23. The van der Waals surface area contributed by atoms with Gasteiger partial charge in [0.05, 0.1) is 24.1 Å². The summed E-state index contributed by atoms with van der Waals surface area (Å²) in [6.45, 7) is 0. The summed E-state index contributed by atoms with van der Waals surface area (Å²) < 4.78 is 12.7. The monoisotopic (exact) mass is 160 g/mol. The van der Waals surface area contributed by atoms with Crippen LogP contribution in [0.2, 0.25) is 0 Å². The number of hydrogen-bond donors (Lipinski definition) is 0. The van der Waals surface area contributed by atoms with Gasteiger partial charge in [-0.25, -0.2) is 4.39 Å². The number of halogens is 1. The second-order valence-electron chi connectivity index (χ2n) is 2.29. The summed E-state index contributed by atoms with van der Waals surface area (Å²) in [5.41, 5.74) is 0.786. The number of nitriles is 2. The largest absolute Gasteiger partial charge is 0.207 e. The van der Waals surface area contributed by atoms with Crippen LogP contribution in [0.1, 0.15) is 11.1 Å². The lowest BCUT2D eigenvalue weighted by atomic mass is 10.1. The van der Waals surface area contributed by atoms with Crippen molar-refractivity contribution in [3.8, 4) is 12.1 Å². The molecule has 2 nitrogen and oxygen atoms in total. The fourth-order valence-electron chi connectivity index (χ4n) is 0.908. The molecule has 0 unspecified atom stereocenters. The highest BCUT2D eigenvalue weighted by Crippen LogP contribution is 2.08. The van der Waals surface area contributed by atoms with Crippen molar-refractivity contribution in [3.05, 3.63) is 35.1 Å². The maximum absolute atomic E-state index is 12.7. The van der Waals surface area contributed by atoms with E-state index < -0.39 is 5.82 Å². The molecular weight excluding hydrogens is 155 g/mol. The number of rotatable bonds is 1. The van der Waals surface area contributed by atoms with Crippen LogP contribution in [-0.2, 0) is 6.42 Å². The van der Waals surface area contributed by atoms with Gasteiger partial charge in [0.1, 0.15) is 5.82 Å². The summed E-state index contributed by atoms with van der Waals surface area (Å²) >= 11 is 0. The van der Waals surface area contributed by atoms with Crippen LogP contribution in [0, 0.1) is 28.5 Å². The van der Waals surface area contributed by atoms with E-state index in [1.54, 1.807) is 0 Å². The minimum Gasteiger partial charge on any atom is -0.207 e. The summed E-state index contributed by atoms with van der Waals surface area (Å²) in [4.78, 5) is 0. The molecule has 0 saturated carbocycles. The van der Waals surface area contributed by atoms with Crippen molar-refractivity contribution in [1.29, 1.82) is 10.5 Å². The van der Waals surface area contributed by atoms with Crippen molar-refractivity contribution < 1.29 is 4.39 Å². The van der Waals surface area contributed by atoms with Gasteiger partial charge < -0.3 is 0 Å². The summed E-state index contributed by atoms with van der Waals surface area (Å²) in [7, 11) is 0. The Morgan fingerprint density at radius 3 is 2.58 bits per heavy atom. The molecule has 12 heavy (non-hydrogen) atoms. The van der Waals surface area contributed by atoms with Crippen LogP contribution in [0.15, 0.2) is 18.2 Å². The lowest BCUT2D eigenvalue weighted by Gasteiger charge is -1.95. The normalized spacial score (nSPS) is 8.58. The van der Waals surface area contributed by atoms with Gasteiger partial charge in [-0.2, -0.15) is 10.5 Å². The Morgan fingerprint density at radius 1 is 1.25 bits per heavy atom. The topological polar surface area (TPSA) is 47.6 Å². The molecule has 0 fully saturated rings. The summed E-state index contributed by atoms with van der Waals surface area (Å²) in [5, 5.41) is 16.8. The quantitative estimate of drug-likeness (QED) is 0.628. The molecule has 3 heteroatoms. The maximum Gasteiger partial charge on any atom is 0.124 e. The Hall–Kier alpha value is -1.87. The Balaban J connectivity index is 3.10. The third kappa shape index (κ3) is 1.81. The van der Waals surface area contributed by atoms with Gasteiger partial charge in [0, 0.05) is 0 Å². The zero-order valence-electron chi connectivity index (χ0n) is 6.21. The van der Waals surface area contributed by atoms with E-state index in [0.717, 1.165) is 6.07 Å². The third-order valence-electron chi connectivity index (χ3n) is 1.37. The van der Waals surface area contributed by atoms with E-state index in [-0.39, 0.29) is 12.0 Å². The smallest absolute Gasteiger partial charge is 0.124 e. The molecule has 0 aliphatic rings. The second-order valence-corrected chi connectivity index (χ2v) is 2.29. The predicted molar refractivity (Wildman–Crippen MR) is 40.4 cm³/mol. The van der Waals surface area contributed by atoms with Gasteiger partial charge >= 0.3 is 0 Å². The maximum atomic E-state index is 12.7. The third-order valence-corrected chi connectivity index (χ3v) is 1.37. The molecule has 0 spiro atoms. The molecule has 1 aromatic rings. The van der Waals surface area contributed by atoms with Crippen molar-refractivity contribution in [2.75, 3.05) is 0 Å². The van der Waals surface area contributed by atoms with Crippen molar-refractivity contribution in [3.63, 3.8) is 0 Å². The molecule has 0 saturated heterocycles. The van der Waals surface area contributed by atoms with Crippen LogP contribution in [0.5, 0.6) is 0 Å². The van der Waals surface area contributed by atoms with E-state index in [4.69, 9.17) is 10.5 Å². The van der Waals surface area contributed by atoms with Crippen molar-refractivity contribution in [2.45, 2.75) is 6.42 Å². The fraction of sp³-hybridized carbons (Fsp3) is 0.111. The van der Waals surface area contributed by atoms with E-state index >= 15 is 0 Å². The van der Waals surface area contributed by atoms with Gasteiger partial charge in [0.2, 0.25) is 0 Å². The van der Waals surface area contributed by atoms with Crippen molar-refractivity contribution in [2.24, 2.45) is 0 Å². The zero-order chi connectivity index (χ0) is 8.97. The second kappa shape index (κ2) is 3.50. The fourth-order valence-corrected chi connectivity index (χ4v) is 0.908. The molecule has 0 heterocycles. The molecule has 0 aromatic heterocycles. The Kier molecular flexibility index (Phi) is 2.40. The molecule has 0 aliphatic heterocycles. The molecule has 0 N–H and O–H groups in total. The zero-order valence-corrected chi connectivity index (χ0v) is 6.21. The molecule has 0 amide bonds. The first-order valence-corrected chi connectivity index (χ1v) is 3.33. The highest BCUT2D eigenvalue weighted by Gasteiger charge is 1.98. The van der Waals surface area contributed by atoms with Crippen LogP contribution < -0.4 is 0 Å². The molecule has 0 atom stereocenters. The van der Waals surface area contributed by atoms with Gasteiger partial charge in [-0.1, -0.05) is 0 Å². The highest BCUT2D eigenvalue weighted by molar-refractivity contribution is 5.34. The summed E-state index contributed by atoms with van der Waals surface area (Å²) in [6, 6.07) is 7.60. The minimum atomic E-state index is -0.473. The Bertz CT molecular complexity index is 371. The van der Waals surface area contributed by atoms with Gasteiger partial charge in [-0.15, -0.1) is 0 Å². The van der Waals surface area contributed by atoms with Gasteiger partial charge in [0.25, 0.3) is 0 Å². The van der Waals surface area contributed by atoms with Crippen LogP contribution in [0.25, 0.3) is 0 Å². The molecule has 0 aliphatic carbocycles. The standard InChI is InChI=1S/C9H5FN2/c10-9-4-7(1-2-11)3-8(5-9)6-12/h3-5H,1H2. The number of benzene rings is 1. The lowest BCUT2D eigenvalue weighted by molar-refractivity contribution is 0.625. The van der Waals surface area contributed by atoms with Crippen LogP contribution in [-0.4, -0.2) is 0 Å². The molecule has 0 radical (unpaired) electrons. The summed E-state index contributed by atoms with van der Waals surface area (Å²) in [5.74, 6) is -0.473. The van der Waals surface area contributed by atoms with E-state index in [1.165, 1.54) is 12.1 Å². The average molecular weight is 160 g/mol. The molecular formula is C9H5FN2. The van der Waals surface area contributed by atoms with E-state index in [1.807, 2.05) is 12.1 Å². The van der Waals surface area contributed by atoms with Gasteiger partial charge in [-0.3, -0.25) is 0 Å². The number of nitrogens with zero attached hydrogens (tertiary/aromatic N) is 2. The molecule has 1 rings (SSSR count). The average Bonchev–Trinajstić information content (AvgIpc) is 2.04. The number of hydrogen-bond acceptors (Lipinski definition) is 2. The first-order valence-electron chi connectivity index (χ1n) is 3.33. The van der Waals surface area contributed by atoms with Gasteiger partial charge in [0.15, 0.2) is 0 Å². The van der Waals surface area contributed by atoms with Crippen LogP contribution >= 0.6 is 0 Å². The Morgan fingerprint density at radius 2 is 2.00 bits per heavy atom. The Labute approximate surface area is 69.5 Å². The van der Waals surface area contributed by atoms with E-state index in [2.05, 4.69) is 0 Å². The minimum absolute atomic E-state index is 0.131. The highest BCUT2D eigenvalue weighted by atomic mass is 19.1. The van der Waals surface area contributed by atoms with Crippen LogP contribution in [0.4, 0.5) is 4.39 Å². The molecule has 1 aromatic carbocycles. The van der Waals surface area contributed by atoms with Crippen LogP contribution in [0.3, 0.4) is 0 Å². The van der Waals surface area contributed by atoms with E-state index in [9.17, 15) is 4.39 Å². The first-order chi connectivity index (χ1) is 5.76. The lowest BCUT2D eigenvalue weighted by Crippen LogP contribution is -1.86.